The van der Waals surface area contributed by atoms with E-state index in [0.29, 0.717) is 0 Å². The van der Waals surface area contributed by atoms with Crippen molar-refractivity contribution >= 4 is 28.6 Å². The molecule has 1 aromatic rings. The third-order valence-electron chi connectivity index (χ3n) is 2.09. The van der Waals surface area contributed by atoms with Gasteiger partial charge in [-0.2, -0.15) is 0 Å². The molecular weight excluding hydrogens is 397 g/mol. The van der Waals surface area contributed by atoms with E-state index in [9.17, 15) is 31.6 Å². The normalized spacial score (nSPS) is 12.6. The van der Waals surface area contributed by atoms with Crippen LogP contribution in [0.3, 0.4) is 0 Å². The second kappa shape index (κ2) is 9.73. The maximum atomic E-state index is 13.2. The van der Waals surface area contributed by atoms with Crippen molar-refractivity contribution in [1.82, 2.24) is 0 Å². The quantitative estimate of drug-likeness (QED) is 0.230. The number of halogens is 7. The van der Waals surface area contributed by atoms with Crippen LogP contribution in [0.2, 0.25) is 0 Å². The number of rotatable bonds is 5. The molecule has 0 saturated carbocycles. The summed E-state index contributed by atoms with van der Waals surface area (Å²) in [6, 6.07) is 0. The summed E-state index contributed by atoms with van der Waals surface area (Å²) in [5, 5.41) is 17.7. The third-order valence-corrected chi connectivity index (χ3v) is 2.09. The molecule has 5 nitrogen and oxygen atoms in total. The summed E-state index contributed by atoms with van der Waals surface area (Å²) in [5.74, 6) is -10.8. The predicted molar refractivity (Wildman–Crippen MR) is 70.6 cm³/mol. The largest absolute Gasteiger partial charge is 0.394 e. The fourth-order valence-corrected chi connectivity index (χ4v) is 1.26. The standard InChI is InChI=1S/C10H9F5O3.Cl2HO2P/c11-6-5(4(17)3-18-2-1-16)7(12)9(14)10(15)8(6)13;1-5(2,3)4/h4,16-17H,1-3H2;(H,3,4). The van der Waals surface area contributed by atoms with Crippen molar-refractivity contribution in [2.45, 2.75) is 6.10 Å². The molecule has 0 aromatic heterocycles. The van der Waals surface area contributed by atoms with Gasteiger partial charge in [0.2, 0.25) is 5.82 Å². The van der Waals surface area contributed by atoms with E-state index in [4.69, 9.17) is 10.00 Å². The van der Waals surface area contributed by atoms with Crippen LogP contribution in [-0.2, 0) is 9.30 Å². The summed E-state index contributed by atoms with van der Waals surface area (Å²) in [5.41, 5.74) is -1.36. The molecule has 0 heterocycles. The van der Waals surface area contributed by atoms with E-state index in [1.54, 1.807) is 0 Å². The van der Waals surface area contributed by atoms with Crippen molar-refractivity contribution < 1.29 is 46.4 Å². The van der Waals surface area contributed by atoms with Crippen molar-refractivity contribution in [3.05, 3.63) is 34.6 Å². The van der Waals surface area contributed by atoms with Crippen LogP contribution in [0.5, 0.6) is 0 Å². The Bertz CT molecular complexity index is 548. The van der Waals surface area contributed by atoms with Gasteiger partial charge in [-0.05, 0) is 22.5 Å². The molecule has 0 bridgehead atoms. The number of aliphatic hydroxyl groups is 2. The molecule has 13 heteroatoms. The molecular formula is C10H10Cl2F5O5P. The molecule has 23 heavy (non-hydrogen) atoms. The van der Waals surface area contributed by atoms with Gasteiger partial charge in [0.25, 0.3) is 0 Å². The summed E-state index contributed by atoms with van der Waals surface area (Å²) < 4.78 is 78.5. The first-order valence-corrected chi connectivity index (χ1v) is 8.98. The second-order valence-electron chi connectivity index (χ2n) is 3.73. The fraction of sp³-hybridized carbons (Fsp3) is 0.400. The molecule has 3 N–H and O–H groups in total. The Kier molecular flexibility index (Phi) is 9.53. The smallest absolute Gasteiger partial charge is 0.377 e. The molecule has 0 aliphatic heterocycles. The monoisotopic (exact) mass is 406 g/mol. The average Bonchev–Trinajstić information content (AvgIpc) is 2.42. The zero-order valence-corrected chi connectivity index (χ0v) is 13.4. The van der Waals surface area contributed by atoms with Gasteiger partial charge in [-0.25, -0.2) is 22.0 Å². The minimum absolute atomic E-state index is 0.244. The van der Waals surface area contributed by atoms with Gasteiger partial charge < -0.3 is 19.8 Å². The summed E-state index contributed by atoms with van der Waals surface area (Å²) in [6.07, 6.45) is -5.72. The van der Waals surface area contributed by atoms with Crippen molar-refractivity contribution in [2.75, 3.05) is 19.8 Å². The van der Waals surface area contributed by atoms with Gasteiger partial charge in [-0.1, -0.05) is 0 Å². The van der Waals surface area contributed by atoms with Crippen LogP contribution in [0.1, 0.15) is 11.7 Å². The Balaban J connectivity index is 0.000000841. The van der Waals surface area contributed by atoms with Crippen LogP contribution in [0, 0.1) is 29.1 Å². The molecule has 1 rings (SSSR count). The zero-order chi connectivity index (χ0) is 18.4. The highest BCUT2D eigenvalue weighted by molar-refractivity contribution is 8.04. The SMILES string of the molecule is O=P(O)(Cl)Cl.OCCOCC(O)c1c(F)c(F)c(F)c(F)c1F. The topological polar surface area (TPSA) is 87.0 Å². The Morgan fingerprint density at radius 2 is 1.35 bits per heavy atom. The van der Waals surface area contributed by atoms with Crippen molar-refractivity contribution in [2.24, 2.45) is 0 Å². The van der Waals surface area contributed by atoms with Gasteiger partial charge >= 0.3 is 6.07 Å². The highest BCUT2D eigenvalue weighted by Crippen LogP contribution is 2.51. The highest BCUT2D eigenvalue weighted by atomic mass is 35.9. The van der Waals surface area contributed by atoms with Gasteiger partial charge in [-0.15, -0.1) is 0 Å². The van der Waals surface area contributed by atoms with E-state index in [-0.39, 0.29) is 6.61 Å². The molecule has 1 aromatic carbocycles. The first kappa shape index (κ1) is 22.5. The molecule has 134 valence electrons. The minimum Gasteiger partial charge on any atom is -0.394 e. The lowest BCUT2D eigenvalue weighted by Gasteiger charge is -2.14. The molecule has 0 amide bonds. The van der Waals surface area contributed by atoms with Gasteiger partial charge in [0.1, 0.15) is 6.10 Å². The van der Waals surface area contributed by atoms with Crippen molar-refractivity contribution in [1.29, 1.82) is 0 Å². The van der Waals surface area contributed by atoms with Crippen LogP contribution in [0.15, 0.2) is 0 Å². The van der Waals surface area contributed by atoms with Gasteiger partial charge in [0, 0.05) is 0 Å². The second-order valence-corrected chi connectivity index (χ2v) is 7.87. The summed E-state index contributed by atoms with van der Waals surface area (Å²) in [4.78, 5) is 7.61. The van der Waals surface area contributed by atoms with Crippen LogP contribution in [-0.4, -0.2) is 34.9 Å². The Morgan fingerprint density at radius 3 is 1.70 bits per heavy atom. The third kappa shape index (κ3) is 7.75. The number of hydrogen-bond acceptors (Lipinski definition) is 4. The predicted octanol–water partition coefficient (Wildman–Crippen LogP) is 2.99. The molecule has 1 atom stereocenters. The Hall–Kier alpha value is -0.480. The molecule has 0 aliphatic rings. The number of aliphatic hydroxyl groups excluding tert-OH is 2. The Morgan fingerprint density at radius 1 is 1.00 bits per heavy atom. The number of ether oxygens (including phenoxy) is 1. The molecule has 0 saturated heterocycles. The molecule has 0 fully saturated rings. The lowest BCUT2D eigenvalue weighted by molar-refractivity contribution is 0.0169. The summed E-state index contributed by atoms with van der Waals surface area (Å²) >= 11 is 8.81. The van der Waals surface area contributed by atoms with Gasteiger partial charge in [0.05, 0.1) is 25.4 Å². The Labute approximate surface area is 136 Å². The van der Waals surface area contributed by atoms with Crippen LogP contribution < -0.4 is 0 Å². The van der Waals surface area contributed by atoms with Crippen LogP contribution in [0.25, 0.3) is 0 Å². The van der Waals surface area contributed by atoms with E-state index in [1.165, 1.54) is 0 Å². The van der Waals surface area contributed by atoms with E-state index >= 15 is 0 Å². The molecule has 0 aliphatic carbocycles. The average molecular weight is 407 g/mol. The van der Waals surface area contributed by atoms with E-state index in [2.05, 4.69) is 27.2 Å². The number of hydrogen-bond donors (Lipinski definition) is 3. The number of benzene rings is 1. The lowest BCUT2D eigenvalue weighted by atomic mass is 10.1. The van der Waals surface area contributed by atoms with Crippen LogP contribution >= 0.6 is 28.6 Å². The van der Waals surface area contributed by atoms with E-state index in [0.717, 1.165) is 0 Å². The fourth-order valence-electron chi connectivity index (χ4n) is 1.26. The maximum absolute atomic E-state index is 13.2. The van der Waals surface area contributed by atoms with Gasteiger partial charge in [-0.3, -0.25) is 4.57 Å². The van der Waals surface area contributed by atoms with Crippen molar-refractivity contribution in [3.63, 3.8) is 0 Å². The maximum Gasteiger partial charge on any atom is 0.377 e. The molecule has 0 spiro atoms. The van der Waals surface area contributed by atoms with Crippen LogP contribution in [0.4, 0.5) is 22.0 Å². The first-order chi connectivity index (χ1) is 10.4. The summed E-state index contributed by atoms with van der Waals surface area (Å²) in [6.45, 7) is -1.37. The lowest BCUT2D eigenvalue weighted by Crippen LogP contribution is -2.16. The van der Waals surface area contributed by atoms with Crippen molar-refractivity contribution in [3.8, 4) is 0 Å². The van der Waals surface area contributed by atoms with E-state index in [1.807, 2.05) is 0 Å². The minimum atomic E-state index is -3.69. The first-order valence-electron chi connectivity index (χ1n) is 5.51. The highest BCUT2D eigenvalue weighted by Gasteiger charge is 2.29. The zero-order valence-electron chi connectivity index (χ0n) is 10.9. The van der Waals surface area contributed by atoms with Gasteiger partial charge in [0.15, 0.2) is 23.3 Å². The summed E-state index contributed by atoms with van der Waals surface area (Å²) in [7, 11) is 0. The molecule has 0 radical (unpaired) electrons. The molecule has 1 unspecified atom stereocenters. The van der Waals surface area contributed by atoms with E-state index < -0.39 is 60.0 Å².